The van der Waals surface area contributed by atoms with Crippen LogP contribution in [0.15, 0.2) is 30.3 Å². The molecule has 0 aromatic heterocycles. The molecule has 1 aromatic rings. The average Bonchev–Trinajstić information content (AvgIpc) is 2.42. The van der Waals surface area contributed by atoms with Gasteiger partial charge in [-0.2, -0.15) is 0 Å². The molecule has 0 unspecified atom stereocenters. The van der Waals surface area contributed by atoms with E-state index < -0.39 is 0 Å². The van der Waals surface area contributed by atoms with Gasteiger partial charge < -0.3 is 5.32 Å². The van der Waals surface area contributed by atoms with Crippen molar-refractivity contribution < 1.29 is 4.79 Å². The van der Waals surface area contributed by atoms with E-state index in [0.717, 1.165) is 25.4 Å². The Hall–Kier alpha value is -1.35. The molecule has 104 valence electrons. The maximum absolute atomic E-state index is 10.8. The number of hydrogen-bond donors (Lipinski definition) is 1. The number of carbonyl (C=O) groups is 1. The Morgan fingerprint density at radius 2 is 1.95 bits per heavy atom. The highest BCUT2D eigenvalue weighted by atomic mass is 16.1. The number of benzene rings is 1. The van der Waals surface area contributed by atoms with Crippen molar-refractivity contribution >= 4 is 5.91 Å². The molecular formula is C16H24N2O. The molecule has 0 atom stereocenters. The van der Waals surface area contributed by atoms with E-state index in [2.05, 4.69) is 40.5 Å². The third-order valence-electron chi connectivity index (χ3n) is 3.88. The second-order valence-corrected chi connectivity index (χ2v) is 5.48. The van der Waals surface area contributed by atoms with Crippen molar-refractivity contribution in [3.63, 3.8) is 0 Å². The number of hydrogen-bond acceptors (Lipinski definition) is 2. The molecule has 3 heteroatoms. The molecule has 1 aromatic carbocycles. The van der Waals surface area contributed by atoms with Crippen LogP contribution >= 0.6 is 0 Å². The van der Waals surface area contributed by atoms with Gasteiger partial charge in [-0.1, -0.05) is 30.3 Å². The Morgan fingerprint density at radius 1 is 1.26 bits per heavy atom. The molecule has 1 amide bonds. The van der Waals surface area contributed by atoms with Crippen LogP contribution in [0.1, 0.15) is 31.7 Å². The van der Waals surface area contributed by atoms with Crippen LogP contribution in [-0.4, -0.2) is 30.4 Å². The van der Waals surface area contributed by atoms with Crippen LogP contribution in [-0.2, 0) is 11.3 Å². The van der Waals surface area contributed by atoms with Gasteiger partial charge in [-0.25, -0.2) is 0 Å². The minimum absolute atomic E-state index is 0.0847. The van der Waals surface area contributed by atoms with Crippen molar-refractivity contribution in [3.05, 3.63) is 35.9 Å². The first-order valence-corrected chi connectivity index (χ1v) is 7.25. The zero-order chi connectivity index (χ0) is 13.5. The Bertz CT molecular complexity index is 383. The first-order valence-electron chi connectivity index (χ1n) is 7.25. The molecule has 1 aliphatic heterocycles. The Labute approximate surface area is 116 Å². The fourth-order valence-electron chi connectivity index (χ4n) is 2.73. The number of amides is 1. The summed E-state index contributed by atoms with van der Waals surface area (Å²) in [6.07, 6.45) is 3.64. The second-order valence-electron chi connectivity index (χ2n) is 5.48. The number of likely N-dealkylation sites (tertiary alicyclic amines) is 1. The van der Waals surface area contributed by atoms with Crippen LogP contribution in [0, 0.1) is 5.92 Å². The molecule has 19 heavy (non-hydrogen) atoms. The standard InChI is InChI=1S/C16H24N2O/c1-14(19)17-10-7-15-8-11-18(12-9-15)13-16-5-3-2-4-6-16/h2-6,15H,7-13H2,1H3,(H,17,19). The summed E-state index contributed by atoms with van der Waals surface area (Å²) in [5.41, 5.74) is 1.40. The summed E-state index contributed by atoms with van der Waals surface area (Å²) in [5.74, 6) is 0.861. The molecule has 0 spiro atoms. The fourth-order valence-corrected chi connectivity index (χ4v) is 2.73. The third-order valence-corrected chi connectivity index (χ3v) is 3.88. The maximum atomic E-state index is 10.8. The van der Waals surface area contributed by atoms with Gasteiger partial charge in [0.15, 0.2) is 0 Å². The molecule has 3 nitrogen and oxygen atoms in total. The normalized spacial score (nSPS) is 17.3. The lowest BCUT2D eigenvalue weighted by molar-refractivity contribution is -0.119. The van der Waals surface area contributed by atoms with Crippen molar-refractivity contribution in [3.8, 4) is 0 Å². The van der Waals surface area contributed by atoms with Gasteiger partial charge in [0.2, 0.25) is 5.91 Å². The highest BCUT2D eigenvalue weighted by Crippen LogP contribution is 2.21. The summed E-state index contributed by atoms with van der Waals surface area (Å²) >= 11 is 0. The van der Waals surface area contributed by atoms with Gasteiger partial charge in [0.1, 0.15) is 0 Å². The quantitative estimate of drug-likeness (QED) is 0.882. The smallest absolute Gasteiger partial charge is 0.216 e. The maximum Gasteiger partial charge on any atom is 0.216 e. The number of carbonyl (C=O) groups excluding carboxylic acids is 1. The lowest BCUT2D eigenvalue weighted by atomic mass is 9.93. The lowest BCUT2D eigenvalue weighted by Gasteiger charge is -2.32. The molecule has 0 bridgehead atoms. The topological polar surface area (TPSA) is 32.3 Å². The largest absolute Gasteiger partial charge is 0.356 e. The monoisotopic (exact) mass is 260 g/mol. The number of piperidine rings is 1. The molecule has 2 rings (SSSR count). The summed E-state index contributed by atoms with van der Waals surface area (Å²) in [6.45, 7) is 5.85. The Morgan fingerprint density at radius 3 is 2.58 bits per heavy atom. The van der Waals surface area contributed by atoms with Crippen molar-refractivity contribution in [2.45, 2.75) is 32.7 Å². The third kappa shape index (κ3) is 5.03. The summed E-state index contributed by atoms with van der Waals surface area (Å²) in [6, 6.07) is 10.7. The van der Waals surface area contributed by atoms with E-state index in [-0.39, 0.29) is 5.91 Å². The molecular weight excluding hydrogens is 236 g/mol. The van der Waals surface area contributed by atoms with Crippen molar-refractivity contribution in [2.24, 2.45) is 5.92 Å². The van der Waals surface area contributed by atoms with Crippen LogP contribution in [0.25, 0.3) is 0 Å². The molecule has 0 saturated carbocycles. The van der Waals surface area contributed by atoms with Crippen LogP contribution in [0.5, 0.6) is 0 Å². The highest BCUT2D eigenvalue weighted by Gasteiger charge is 2.18. The predicted molar refractivity (Wildman–Crippen MR) is 77.7 cm³/mol. The number of nitrogens with zero attached hydrogens (tertiary/aromatic N) is 1. The van der Waals surface area contributed by atoms with Gasteiger partial charge in [0.05, 0.1) is 0 Å². The Kier molecular flexibility index (Phi) is 5.40. The summed E-state index contributed by atoms with van der Waals surface area (Å²) in [7, 11) is 0. The van der Waals surface area contributed by atoms with Crippen LogP contribution in [0.3, 0.4) is 0 Å². The number of rotatable bonds is 5. The van der Waals surface area contributed by atoms with Crippen LogP contribution < -0.4 is 5.32 Å². The van der Waals surface area contributed by atoms with E-state index in [9.17, 15) is 4.79 Å². The minimum atomic E-state index is 0.0847. The van der Waals surface area contributed by atoms with Gasteiger partial charge >= 0.3 is 0 Å². The van der Waals surface area contributed by atoms with Crippen molar-refractivity contribution in [1.82, 2.24) is 10.2 Å². The molecule has 1 N–H and O–H groups in total. The molecule has 1 aliphatic rings. The SMILES string of the molecule is CC(=O)NCCC1CCN(Cc2ccccc2)CC1. The second kappa shape index (κ2) is 7.29. The summed E-state index contributed by atoms with van der Waals surface area (Å²) in [4.78, 5) is 13.4. The van der Waals surface area contributed by atoms with Crippen molar-refractivity contribution in [2.75, 3.05) is 19.6 Å². The van der Waals surface area contributed by atoms with E-state index in [1.807, 2.05) is 0 Å². The first-order chi connectivity index (χ1) is 9.24. The average molecular weight is 260 g/mol. The predicted octanol–water partition coefficient (Wildman–Crippen LogP) is 2.42. The minimum Gasteiger partial charge on any atom is -0.356 e. The molecule has 0 radical (unpaired) electrons. The van der Waals surface area contributed by atoms with Gasteiger partial charge in [-0.15, -0.1) is 0 Å². The van der Waals surface area contributed by atoms with E-state index in [1.165, 1.54) is 31.5 Å². The Balaban J connectivity index is 1.66. The zero-order valence-electron chi connectivity index (χ0n) is 11.8. The molecule has 1 fully saturated rings. The lowest BCUT2D eigenvalue weighted by Crippen LogP contribution is -2.34. The zero-order valence-corrected chi connectivity index (χ0v) is 11.8. The molecule has 0 aliphatic carbocycles. The van der Waals surface area contributed by atoms with Crippen LogP contribution in [0.2, 0.25) is 0 Å². The molecule has 1 heterocycles. The highest BCUT2D eigenvalue weighted by molar-refractivity contribution is 5.72. The van der Waals surface area contributed by atoms with E-state index in [4.69, 9.17) is 0 Å². The number of nitrogens with one attached hydrogen (secondary N) is 1. The van der Waals surface area contributed by atoms with Gasteiger partial charge in [0, 0.05) is 20.0 Å². The summed E-state index contributed by atoms with van der Waals surface area (Å²) < 4.78 is 0. The van der Waals surface area contributed by atoms with Gasteiger partial charge in [-0.05, 0) is 43.8 Å². The van der Waals surface area contributed by atoms with Crippen LogP contribution in [0.4, 0.5) is 0 Å². The summed E-state index contributed by atoms with van der Waals surface area (Å²) in [5, 5.41) is 2.89. The van der Waals surface area contributed by atoms with Gasteiger partial charge in [-0.3, -0.25) is 9.69 Å². The van der Waals surface area contributed by atoms with E-state index in [0.29, 0.717) is 0 Å². The van der Waals surface area contributed by atoms with E-state index >= 15 is 0 Å². The first kappa shape index (κ1) is 14.1. The van der Waals surface area contributed by atoms with Gasteiger partial charge in [0.25, 0.3) is 0 Å². The van der Waals surface area contributed by atoms with E-state index in [1.54, 1.807) is 6.92 Å². The fraction of sp³-hybridized carbons (Fsp3) is 0.562. The van der Waals surface area contributed by atoms with Crippen molar-refractivity contribution in [1.29, 1.82) is 0 Å². The molecule has 1 saturated heterocycles.